The summed E-state index contributed by atoms with van der Waals surface area (Å²) in [6.07, 6.45) is 0. The number of aryl methyl sites for hydroxylation is 1. The van der Waals surface area contributed by atoms with Crippen molar-refractivity contribution in [1.29, 1.82) is 0 Å². The van der Waals surface area contributed by atoms with Crippen LogP contribution < -0.4 is 17.0 Å². The number of rotatable bonds is 6. The smallest absolute Gasteiger partial charge is 0.335 e. The molecule has 0 bridgehead atoms. The van der Waals surface area contributed by atoms with Gasteiger partial charge < -0.3 is 9.63 Å². The maximum Gasteiger partial charge on any atom is 0.335 e. The van der Waals surface area contributed by atoms with Gasteiger partial charge >= 0.3 is 17.3 Å². The van der Waals surface area contributed by atoms with Crippen LogP contribution in [0.25, 0.3) is 0 Å². The first-order valence-electron chi connectivity index (χ1n) is 10.2. The van der Waals surface area contributed by atoms with Crippen LogP contribution in [-0.2, 0) is 23.3 Å². The summed E-state index contributed by atoms with van der Waals surface area (Å²) >= 11 is 0. The fourth-order valence-electron chi connectivity index (χ4n) is 2.95. The van der Waals surface area contributed by atoms with E-state index in [2.05, 4.69) is 15.1 Å². The first kappa shape index (κ1) is 23.0. The Morgan fingerprint density at radius 2 is 1.88 bits per heavy atom. The molecule has 0 aliphatic rings. The molecule has 10 heteroatoms. The molecule has 0 unspecified atom stereocenters. The molecular formula is C22H27N5O5. The summed E-state index contributed by atoms with van der Waals surface area (Å²) in [6.45, 7) is 9.12. The van der Waals surface area contributed by atoms with E-state index in [9.17, 15) is 19.5 Å². The molecule has 0 spiro atoms. The van der Waals surface area contributed by atoms with Crippen LogP contribution in [-0.4, -0.2) is 30.4 Å². The predicted molar refractivity (Wildman–Crippen MR) is 117 cm³/mol. The number of carbonyl (C=O) groups is 1. The molecule has 0 aliphatic heterocycles. The summed E-state index contributed by atoms with van der Waals surface area (Å²) in [4.78, 5) is 44.0. The zero-order valence-electron chi connectivity index (χ0n) is 18.7. The van der Waals surface area contributed by atoms with Crippen LogP contribution in [0, 0.1) is 12.8 Å². The van der Waals surface area contributed by atoms with Gasteiger partial charge in [0, 0.05) is 18.0 Å². The van der Waals surface area contributed by atoms with Gasteiger partial charge in [0.15, 0.2) is 5.82 Å². The molecular weight excluding hydrogens is 414 g/mol. The number of hydrogen-bond donors (Lipinski definition) is 2. The number of nitrogens with one attached hydrogen (secondary N) is 1. The number of carboxylic acids is 1. The number of benzene rings is 1. The first-order chi connectivity index (χ1) is 15.0. The average molecular weight is 441 g/mol. The number of nitrogens with zero attached hydrogens (tertiary/aromatic N) is 4. The SMILES string of the molecule is Cc1ccc(Cn2c(=O)n(C[C@H](C)C(=O)O)c(=O)[nH]/c2=N\c2cc(C(C)(C)C)on2)cc1. The fourth-order valence-corrected chi connectivity index (χ4v) is 2.95. The molecule has 0 saturated carbocycles. The van der Waals surface area contributed by atoms with Crippen molar-refractivity contribution >= 4 is 11.8 Å². The third-order valence-electron chi connectivity index (χ3n) is 4.98. The van der Waals surface area contributed by atoms with E-state index in [1.807, 2.05) is 52.0 Å². The molecule has 2 aromatic heterocycles. The van der Waals surface area contributed by atoms with E-state index in [1.165, 1.54) is 11.5 Å². The molecule has 1 atom stereocenters. The van der Waals surface area contributed by atoms with Crippen molar-refractivity contribution in [2.75, 3.05) is 0 Å². The lowest BCUT2D eigenvalue weighted by molar-refractivity contribution is -0.141. The number of H-pyrrole nitrogens is 1. The van der Waals surface area contributed by atoms with Gasteiger partial charge in [-0.2, -0.15) is 4.99 Å². The molecule has 1 aromatic carbocycles. The van der Waals surface area contributed by atoms with Gasteiger partial charge in [0.05, 0.1) is 12.5 Å². The third-order valence-corrected chi connectivity index (χ3v) is 4.98. The summed E-state index contributed by atoms with van der Waals surface area (Å²) < 4.78 is 7.50. The van der Waals surface area contributed by atoms with Crippen molar-refractivity contribution < 1.29 is 14.4 Å². The van der Waals surface area contributed by atoms with E-state index in [-0.39, 0.29) is 29.9 Å². The van der Waals surface area contributed by atoms with Crippen LogP contribution in [0.1, 0.15) is 44.6 Å². The Morgan fingerprint density at radius 3 is 2.44 bits per heavy atom. The van der Waals surface area contributed by atoms with Gasteiger partial charge in [-0.1, -0.05) is 62.7 Å². The Hall–Kier alpha value is -3.69. The summed E-state index contributed by atoms with van der Waals surface area (Å²) in [7, 11) is 0. The van der Waals surface area contributed by atoms with Crippen molar-refractivity contribution in [3.8, 4) is 0 Å². The van der Waals surface area contributed by atoms with Crippen LogP contribution in [0.3, 0.4) is 0 Å². The molecule has 2 N–H and O–H groups in total. The number of aliphatic carboxylic acids is 1. The number of hydrogen-bond acceptors (Lipinski definition) is 6. The topological polar surface area (TPSA) is 135 Å². The lowest BCUT2D eigenvalue weighted by Gasteiger charge is -2.13. The summed E-state index contributed by atoms with van der Waals surface area (Å²) in [5.41, 5.74) is 0.170. The molecule has 0 aliphatic carbocycles. The maximum atomic E-state index is 13.2. The molecule has 0 fully saturated rings. The average Bonchev–Trinajstić information content (AvgIpc) is 3.18. The largest absolute Gasteiger partial charge is 0.481 e. The first-order valence-corrected chi connectivity index (χ1v) is 10.2. The van der Waals surface area contributed by atoms with Gasteiger partial charge in [0.25, 0.3) is 0 Å². The number of carboxylic acid groups (broad SMARTS) is 1. The Morgan fingerprint density at radius 1 is 1.22 bits per heavy atom. The molecule has 0 saturated heterocycles. The van der Waals surface area contributed by atoms with Crippen molar-refractivity contribution in [1.82, 2.24) is 19.3 Å². The maximum absolute atomic E-state index is 13.2. The van der Waals surface area contributed by atoms with Crippen molar-refractivity contribution in [2.24, 2.45) is 10.9 Å². The second-order valence-corrected chi connectivity index (χ2v) is 8.87. The Labute approximate surface area is 183 Å². The van der Waals surface area contributed by atoms with Crippen LogP contribution in [0.15, 0.2) is 49.4 Å². The fraction of sp³-hybridized carbons (Fsp3) is 0.409. The van der Waals surface area contributed by atoms with Gasteiger partial charge in [-0.3, -0.25) is 14.3 Å². The third kappa shape index (κ3) is 5.13. The molecule has 10 nitrogen and oxygen atoms in total. The molecule has 3 aromatic rings. The second-order valence-electron chi connectivity index (χ2n) is 8.87. The van der Waals surface area contributed by atoms with Gasteiger partial charge in [0.2, 0.25) is 5.62 Å². The molecule has 0 amide bonds. The van der Waals surface area contributed by atoms with Crippen LogP contribution in [0.5, 0.6) is 0 Å². The number of aromatic amines is 1. The van der Waals surface area contributed by atoms with Crippen LogP contribution in [0.4, 0.5) is 5.82 Å². The standard InChI is InChI=1S/C22H27N5O5/c1-13-6-8-15(9-7-13)12-26-19(23-17-10-16(32-25-17)22(3,4)5)24-20(30)27(21(26)31)11-14(2)18(28)29/h6-10,14H,11-12H2,1-5H3,(H,28,29)(H,23,24,25,30)/t14-/m0/s1. The monoisotopic (exact) mass is 441 g/mol. The van der Waals surface area contributed by atoms with Crippen LogP contribution >= 0.6 is 0 Å². The lowest BCUT2D eigenvalue weighted by atomic mass is 9.93. The minimum absolute atomic E-state index is 0.00596. The van der Waals surface area contributed by atoms with Gasteiger partial charge in [-0.05, 0) is 12.5 Å². The molecule has 0 radical (unpaired) electrons. The Balaban J connectivity index is 2.18. The zero-order valence-corrected chi connectivity index (χ0v) is 18.7. The van der Waals surface area contributed by atoms with E-state index in [0.717, 1.165) is 15.7 Å². The Bertz CT molecular complexity index is 1300. The van der Waals surface area contributed by atoms with Gasteiger partial charge in [-0.25, -0.2) is 14.2 Å². The lowest BCUT2D eigenvalue weighted by Crippen LogP contribution is -2.51. The highest BCUT2D eigenvalue weighted by atomic mass is 16.5. The van der Waals surface area contributed by atoms with E-state index in [1.54, 1.807) is 6.07 Å². The Kier molecular flexibility index (Phi) is 6.33. The van der Waals surface area contributed by atoms with Gasteiger partial charge in [-0.15, -0.1) is 0 Å². The minimum Gasteiger partial charge on any atom is -0.481 e. The summed E-state index contributed by atoms with van der Waals surface area (Å²) in [5, 5.41) is 13.1. The molecule has 2 heterocycles. The van der Waals surface area contributed by atoms with Crippen molar-refractivity contribution in [2.45, 2.75) is 53.1 Å². The quantitative estimate of drug-likeness (QED) is 0.600. The van der Waals surface area contributed by atoms with Crippen molar-refractivity contribution in [3.63, 3.8) is 0 Å². The normalized spacial score (nSPS) is 13.3. The highest BCUT2D eigenvalue weighted by molar-refractivity contribution is 5.69. The molecule has 170 valence electrons. The van der Waals surface area contributed by atoms with E-state index < -0.39 is 23.3 Å². The zero-order chi connectivity index (χ0) is 23.6. The summed E-state index contributed by atoms with van der Waals surface area (Å²) in [6, 6.07) is 9.21. The van der Waals surface area contributed by atoms with E-state index in [0.29, 0.717) is 5.76 Å². The van der Waals surface area contributed by atoms with E-state index in [4.69, 9.17) is 4.52 Å². The van der Waals surface area contributed by atoms with Gasteiger partial charge in [0.1, 0.15) is 5.76 Å². The highest BCUT2D eigenvalue weighted by Gasteiger charge is 2.20. The van der Waals surface area contributed by atoms with E-state index >= 15 is 0 Å². The number of aromatic nitrogens is 4. The van der Waals surface area contributed by atoms with Crippen LogP contribution in [0.2, 0.25) is 0 Å². The predicted octanol–water partition coefficient (Wildman–Crippen LogP) is 1.93. The summed E-state index contributed by atoms with van der Waals surface area (Å²) in [5.74, 6) is -1.21. The highest BCUT2D eigenvalue weighted by Crippen LogP contribution is 2.25. The second kappa shape index (κ2) is 8.81. The molecule has 32 heavy (non-hydrogen) atoms. The minimum atomic E-state index is -1.10. The molecule has 3 rings (SSSR count). The van der Waals surface area contributed by atoms with Crippen molar-refractivity contribution in [3.05, 3.63) is 73.8 Å².